The van der Waals surface area contributed by atoms with Gasteiger partial charge in [0.2, 0.25) is 0 Å². The molecule has 1 heterocycles. The molecule has 1 N–H and O–H groups in total. The maximum atomic E-state index is 11.9. The molecule has 4 nitrogen and oxygen atoms in total. The number of hydrogen-bond donors (Lipinski definition) is 1. The fraction of sp³-hybridized carbons (Fsp3) is 0.929. The second kappa shape index (κ2) is 7.10. The highest BCUT2D eigenvalue weighted by molar-refractivity contribution is 5.75. The van der Waals surface area contributed by atoms with Gasteiger partial charge in [0.25, 0.3) is 0 Å². The van der Waals surface area contributed by atoms with Crippen molar-refractivity contribution in [1.29, 1.82) is 0 Å². The van der Waals surface area contributed by atoms with Gasteiger partial charge < -0.3 is 14.8 Å². The molecule has 1 saturated heterocycles. The van der Waals surface area contributed by atoms with Crippen LogP contribution in [0.5, 0.6) is 0 Å². The molecule has 0 aromatic rings. The van der Waals surface area contributed by atoms with Gasteiger partial charge in [-0.2, -0.15) is 0 Å². The molecule has 4 heteroatoms. The van der Waals surface area contributed by atoms with Crippen molar-refractivity contribution in [2.75, 3.05) is 13.2 Å². The van der Waals surface area contributed by atoms with Gasteiger partial charge in [0.15, 0.2) is 0 Å². The molecule has 2 atom stereocenters. The normalized spacial score (nSPS) is 24.6. The average Bonchev–Trinajstić information content (AvgIpc) is 2.27. The first-order valence-corrected chi connectivity index (χ1v) is 7.05. The summed E-state index contributed by atoms with van der Waals surface area (Å²) in [5, 5.41) is 3.44. The molecular weight excluding hydrogens is 230 g/mol. The van der Waals surface area contributed by atoms with Gasteiger partial charge in [0.1, 0.15) is 6.04 Å². The van der Waals surface area contributed by atoms with E-state index in [9.17, 15) is 4.79 Å². The Morgan fingerprint density at radius 1 is 1.50 bits per heavy atom. The maximum Gasteiger partial charge on any atom is 0.323 e. The summed E-state index contributed by atoms with van der Waals surface area (Å²) < 4.78 is 10.8. The lowest BCUT2D eigenvalue weighted by Crippen LogP contribution is -2.50. The monoisotopic (exact) mass is 257 g/mol. The zero-order chi connectivity index (χ0) is 13.6. The van der Waals surface area contributed by atoms with Crippen molar-refractivity contribution in [3.8, 4) is 0 Å². The average molecular weight is 257 g/mol. The van der Waals surface area contributed by atoms with Crippen LogP contribution in [-0.2, 0) is 14.3 Å². The maximum absolute atomic E-state index is 11.9. The molecule has 1 aliphatic rings. The second-order valence-electron chi connectivity index (χ2n) is 5.56. The molecule has 2 unspecified atom stereocenters. The Labute approximate surface area is 110 Å². The number of rotatable bonds is 6. The Morgan fingerprint density at radius 3 is 2.78 bits per heavy atom. The van der Waals surface area contributed by atoms with E-state index in [0.29, 0.717) is 12.6 Å². The van der Waals surface area contributed by atoms with Crippen LogP contribution in [0.4, 0.5) is 0 Å². The molecule has 0 bridgehead atoms. The summed E-state index contributed by atoms with van der Waals surface area (Å²) in [6.07, 6.45) is 3.70. The number of nitrogens with one attached hydrogen (secondary N) is 1. The van der Waals surface area contributed by atoms with Crippen molar-refractivity contribution in [3.63, 3.8) is 0 Å². The third-order valence-electron chi connectivity index (χ3n) is 3.28. The molecule has 0 saturated carbocycles. The van der Waals surface area contributed by atoms with Gasteiger partial charge >= 0.3 is 5.97 Å². The lowest BCUT2D eigenvalue weighted by Gasteiger charge is -2.37. The first-order valence-electron chi connectivity index (χ1n) is 7.05. The summed E-state index contributed by atoms with van der Waals surface area (Å²) in [6.45, 7) is 9.33. The smallest absolute Gasteiger partial charge is 0.323 e. The van der Waals surface area contributed by atoms with Crippen LogP contribution in [0.2, 0.25) is 0 Å². The minimum atomic E-state index is -0.172. The van der Waals surface area contributed by atoms with Crippen LogP contribution in [-0.4, -0.2) is 36.9 Å². The molecule has 18 heavy (non-hydrogen) atoms. The largest absolute Gasteiger partial charge is 0.465 e. The topological polar surface area (TPSA) is 47.6 Å². The third-order valence-corrected chi connectivity index (χ3v) is 3.28. The number of ether oxygens (including phenoxy) is 2. The van der Waals surface area contributed by atoms with E-state index < -0.39 is 0 Å². The summed E-state index contributed by atoms with van der Waals surface area (Å²) in [6, 6.07) is 0.170. The van der Waals surface area contributed by atoms with Gasteiger partial charge in [-0.15, -0.1) is 0 Å². The highest BCUT2D eigenvalue weighted by Gasteiger charge is 2.31. The molecule has 0 spiro atoms. The van der Waals surface area contributed by atoms with Crippen molar-refractivity contribution in [2.45, 2.75) is 71.1 Å². The summed E-state index contributed by atoms with van der Waals surface area (Å²) in [5.41, 5.74) is -0.0959. The fourth-order valence-electron chi connectivity index (χ4n) is 2.46. The fourth-order valence-corrected chi connectivity index (χ4v) is 2.46. The molecule has 0 aromatic heterocycles. The summed E-state index contributed by atoms with van der Waals surface area (Å²) >= 11 is 0. The van der Waals surface area contributed by atoms with Gasteiger partial charge in [0, 0.05) is 12.6 Å². The Kier molecular flexibility index (Phi) is 6.09. The molecule has 1 rings (SSSR count). The van der Waals surface area contributed by atoms with Gasteiger partial charge in [-0.3, -0.25) is 4.79 Å². The highest BCUT2D eigenvalue weighted by atomic mass is 16.5. The molecule has 106 valence electrons. The van der Waals surface area contributed by atoms with Gasteiger partial charge in [-0.05, 0) is 40.0 Å². The standard InChI is InChI=1S/C14H27NO3/c1-5-7-12(13(16)17-6-2)15-11-8-9-18-14(3,4)10-11/h11-12,15H,5-10H2,1-4H3. The zero-order valence-electron chi connectivity index (χ0n) is 12.1. The predicted octanol–water partition coefficient (Wildman–Crippen LogP) is 2.27. The first-order chi connectivity index (χ1) is 8.48. The Hall–Kier alpha value is -0.610. The lowest BCUT2D eigenvalue weighted by atomic mass is 9.93. The number of carbonyl (C=O) groups is 1. The van der Waals surface area contributed by atoms with Gasteiger partial charge in [0.05, 0.1) is 12.2 Å². The van der Waals surface area contributed by atoms with Crippen LogP contribution >= 0.6 is 0 Å². The summed E-state index contributed by atoms with van der Waals surface area (Å²) in [5.74, 6) is -0.122. The molecule has 0 aromatic carbocycles. The molecule has 0 aliphatic carbocycles. The van der Waals surface area contributed by atoms with Crippen LogP contribution in [0.25, 0.3) is 0 Å². The quantitative estimate of drug-likeness (QED) is 0.742. The minimum Gasteiger partial charge on any atom is -0.465 e. The van der Waals surface area contributed by atoms with Crippen molar-refractivity contribution < 1.29 is 14.3 Å². The number of hydrogen-bond acceptors (Lipinski definition) is 4. The van der Waals surface area contributed by atoms with E-state index in [0.717, 1.165) is 32.3 Å². The SMILES string of the molecule is CCCC(NC1CCOC(C)(C)C1)C(=O)OCC. The van der Waals surface area contributed by atoms with E-state index in [1.165, 1.54) is 0 Å². The van der Waals surface area contributed by atoms with E-state index in [4.69, 9.17) is 9.47 Å². The second-order valence-corrected chi connectivity index (χ2v) is 5.56. The number of carbonyl (C=O) groups excluding carboxylic acids is 1. The van der Waals surface area contributed by atoms with Gasteiger partial charge in [-0.25, -0.2) is 0 Å². The van der Waals surface area contributed by atoms with E-state index in [1.807, 2.05) is 6.92 Å². The number of esters is 1. The third kappa shape index (κ3) is 4.94. The first kappa shape index (κ1) is 15.4. The van der Waals surface area contributed by atoms with E-state index in [1.54, 1.807) is 0 Å². The van der Waals surface area contributed by atoms with Crippen molar-refractivity contribution in [3.05, 3.63) is 0 Å². The van der Waals surface area contributed by atoms with E-state index >= 15 is 0 Å². The molecule has 0 amide bonds. The van der Waals surface area contributed by atoms with Crippen LogP contribution < -0.4 is 5.32 Å². The molecule has 1 fully saturated rings. The van der Waals surface area contributed by atoms with E-state index in [2.05, 4.69) is 26.1 Å². The Balaban J connectivity index is 2.52. The summed E-state index contributed by atoms with van der Waals surface area (Å²) in [7, 11) is 0. The van der Waals surface area contributed by atoms with Crippen molar-refractivity contribution in [1.82, 2.24) is 5.32 Å². The zero-order valence-corrected chi connectivity index (χ0v) is 12.1. The lowest BCUT2D eigenvalue weighted by molar-refractivity contribution is -0.146. The van der Waals surface area contributed by atoms with Crippen LogP contribution in [0.3, 0.4) is 0 Å². The molecule has 1 aliphatic heterocycles. The summed E-state index contributed by atoms with van der Waals surface area (Å²) in [4.78, 5) is 11.9. The van der Waals surface area contributed by atoms with Crippen LogP contribution in [0, 0.1) is 0 Å². The Morgan fingerprint density at radius 2 is 2.22 bits per heavy atom. The van der Waals surface area contributed by atoms with Crippen LogP contribution in [0.15, 0.2) is 0 Å². The predicted molar refractivity (Wildman–Crippen MR) is 71.5 cm³/mol. The van der Waals surface area contributed by atoms with Crippen molar-refractivity contribution >= 4 is 5.97 Å². The molecular formula is C14H27NO3. The van der Waals surface area contributed by atoms with Crippen molar-refractivity contribution in [2.24, 2.45) is 0 Å². The highest BCUT2D eigenvalue weighted by Crippen LogP contribution is 2.24. The van der Waals surface area contributed by atoms with Crippen LogP contribution in [0.1, 0.15) is 53.4 Å². The van der Waals surface area contributed by atoms with Gasteiger partial charge in [-0.1, -0.05) is 13.3 Å². The minimum absolute atomic E-state index is 0.0959. The Bertz CT molecular complexity index is 266. The molecule has 0 radical (unpaired) electrons. The van der Waals surface area contributed by atoms with E-state index in [-0.39, 0.29) is 17.6 Å².